The van der Waals surface area contributed by atoms with Gasteiger partial charge in [-0.1, -0.05) is 0 Å². The smallest absolute Gasteiger partial charge is 0.235 e. The van der Waals surface area contributed by atoms with Crippen LogP contribution in [0, 0.1) is 5.41 Å². The fraction of sp³-hybridized carbons (Fsp3) is 0.833. The van der Waals surface area contributed by atoms with E-state index in [1.807, 2.05) is 5.32 Å². The van der Waals surface area contributed by atoms with Crippen LogP contribution in [0.5, 0.6) is 0 Å². The van der Waals surface area contributed by atoms with Gasteiger partial charge in [0.05, 0.1) is 19.8 Å². The number of hydrogen-bond donors (Lipinski definition) is 5. The molecule has 0 aromatic rings. The van der Waals surface area contributed by atoms with E-state index in [1.165, 1.54) is 0 Å². The average molecular weight is 179 g/mol. The number of rotatable bonds is 5. The van der Waals surface area contributed by atoms with Crippen LogP contribution in [-0.2, 0) is 4.79 Å². The Morgan fingerprint density at radius 3 is 1.75 bits per heavy atom. The van der Waals surface area contributed by atoms with E-state index in [1.54, 1.807) is 0 Å². The maximum atomic E-state index is 11.0. The van der Waals surface area contributed by atoms with Crippen LogP contribution in [0.2, 0.25) is 0 Å². The number of hydrogen-bond acceptors (Lipinski definition) is 5. The van der Waals surface area contributed by atoms with Crippen molar-refractivity contribution in [3.8, 4) is 0 Å². The zero-order chi connectivity index (χ0) is 9.61. The molecule has 0 saturated carbocycles. The Hall–Kier alpha value is -0.690. The first-order chi connectivity index (χ1) is 5.66. The highest BCUT2D eigenvalue weighted by atomic mass is 16.3. The molecule has 0 unspecified atom stereocenters. The van der Waals surface area contributed by atoms with Gasteiger partial charge in [-0.05, 0) is 0 Å². The van der Waals surface area contributed by atoms with Gasteiger partial charge in [0.15, 0.2) is 0 Å². The molecule has 0 aliphatic rings. The van der Waals surface area contributed by atoms with Crippen molar-refractivity contribution in [1.29, 1.82) is 0 Å². The van der Waals surface area contributed by atoms with E-state index in [-0.39, 0.29) is 0 Å². The van der Waals surface area contributed by atoms with Crippen LogP contribution in [0.1, 0.15) is 0 Å². The molecule has 12 heavy (non-hydrogen) atoms. The molecule has 0 bridgehead atoms. The highest BCUT2D eigenvalue weighted by Gasteiger charge is 2.36. The molecule has 0 aromatic heterocycles. The molecule has 0 heterocycles. The third kappa shape index (κ3) is 2.15. The SMILES string of the molecule is O=C(NCO)C(CO)(CO)CO. The molecule has 6 nitrogen and oxygen atoms in total. The van der Waals surface area contributed by atoms with Crippen LogP contribution in [0.25, 0.3) is 0 Å². The molecule has 72 valence electrons. The molecule has 5 N–H and O–H groups in total. The Balaban J connectivity index is 4.36. The molecule has 6 heteroatoms. The monoisotopic (exact) mass is 179 g/mol. The second-order valence-corrected chi connectivity index (χ2v) is 2.42. The van der Waals surface area contributed by atoms with E-state index in [0.29, 0.717) is 0 Å². The van der Waals surface area contributed by atoms with Crippen molar-refractivity contribution >= 4 is 5.91 Å². The quantitative estimate of drug-likeness (QED) is 0.289. The highest BCUT2D eigenvalue weighted by molar-refractivity contribution is 5.82. The minimum atomic E-state index is -1.61. The number of nitrogens with one attached hydrogen (secondary N) is 1. The molecular formula is C6H13NO5. The summed E-state index contributed by atoms with van der Waals surface area (Å²) in [5.41, 5.74) is -1.61. The fourth-order valence-corrected chi connectivity index (χ4v) is 0.625. The summed E-state index contributed by atoms with van der Waals surface area (Å²) < 4.78 is 0. The largest absolute Gasteiger partial charge is 0.395 e. The first-order valence-electron chi connectivity index (χ1n) is 3.38. The lowest BCUT2D eigenvalue weighted by Crippen LogP contribution is -2.49. The standard InChI is InChI=1S/C6H13NO5/c8-1-6(2-9,3-10)5(12)7-4-11/h8-11H,1-4H2,(H,7,12). The van der Waals surface area contributed by atoms with Crippen LogP contribution in [0.4, 0.5) is 0 Å². The van der Waals surface area contributed by atoms with Crippen molar-refractivity contribution in [2.75, 3.05) is 26.6 Å². The van der Waals surface area contributed by atoms with Gasteiger partial charge in [0.25, 0.3) is 0 Å². The Bertz CT molecular complexity index is 137. The topological polar surface area (TPSA) is 110 Å². The summed E-state index contributed by atoms with van der Waals surface area (Å²) in [4.78, 5) is 11.0. The van der Waals surface area contributed by atoms with E-state index < -0.39 is 37.9 Å². The molecule has 0 rings (SSSR count). The van der Waals surface area contributed by atoms with Gasteiger partial charge in [0.1, 0.15) is 12.1 Å². The van der Waals surface area contributed by atoms with Crippen molar-refractivity contribution in [2.45, 2.75) is 0 Å². The number of amides is 1. The summed E-state index contributed by atoms with van der Waals surface area (Å²) in [6, 6.07) is 0. The van der Waals surface area contributed by atoms with E-state index in [0.717, 1.165) is 0 Å². The van der Waals surface area contributed by atoms with Crippen LogP contribution in [-0.4, -0.2) is 52.9 Å². The zero-order valence-corrected chi connectivity index (χ0v) is 6.53. The molecular weight excluding hydrogens is 166 g/mol. The molecule has 0 atom stereocenters. The summed E-state index contributed by atoms with van der Waals surface area (Å²) >= 11 is 0. The minimum absolute atomic E-state index is 0.597. The Morgan fingerprint density at radius 2 is 1.50 bits per heavy atom. The first-order valence-corrected chi connectivity index (χ1v) is 3.38. The van der Waals surface area contributed by atoms with Gasteiger partial charge in [-0.25, -0.2) is 0 Å². The Kier molecular flexibility index (Phi) is 4.75. The lowest BCUT2D eigenvalue weighted by Gasteiger charge is -2.25. The van der Waals surface area contributed by atoms with Crippen molar-refractivity contribution in [2.24, 2.45) is 5.41 Å². The summed E-state index contributed by atoms with van der Waals surface area (Å²) in [6.07, 6.45) is 0. The van der Waals surface area contributed by atoms with Gasteiger partial charge in [0, 0.05) is 0 Å². The Labute approximate surface area is 69.5 Å². The van der Waals surface area contributed by atoms with Gasteiger partial charge in [0.2, 0.25) is 5.91 Å². The third-order valence-electron chi connectivity index (χ3n) is 1.63. The van der Waals surface area contributed by atoms with E-state index >= 15 is 0 Å². The van der Waals surface area contributed by atoms with Crippen molar-refractivity contribution in [3.63, 3.8) is 0 Å². The number of aliphatic hydroxyl groups is 4. The molecule has 0 aliphatic carbocycles. The molecule has 0 aromatic carbocycles. The minimum Gasteiger partial charge on any atom is -0.395 e. The molecule has 0 fully saturated rings. The van der Waals surface area contributed by atoms with Gasteiger partial charge in [-0.15, -0.1) is 0 Å². The predicted molar refractivity (Wildman–Crippen MR) is 38.9 cm³/mol. The summed E-state index contributed by atoms with van der Waals surface area (Å²) in [5.74, 6) is -0.780. The van der Waals surface area contributed by atoms with Crippen LogP contribution >= 0.6 is 0 Å². The molecule has 0 spiro atoms. The Morgan fingerprint density at radius 1 is 1.08 bits per heavy atom. The van der Waals surface area contributed by atoms with Crippen LogP contribution in [0.3, 0.4) is 0 Å². The summed E-state index contributed by atoms with van der Waals surface area (Å²) in [5, 5.41) is 36.4. The van der Waals surface area contributed by atoms with Gasteiger partial charge < -0.3 is 25.7 Å². The average Bonchev–Trinajstić information content (AvgIpc) is 2.09. The van der Waals surface area contributed by atoms with Gasteiger partial charge >= 0.3 is 0 Å². The summed E-state index contributed by atoms with van der Waals surface area (Å²) in [6.45, 7) is -2.62. The maximum absolute atomic E-state index is 11.0. The number of carbonyl (C=O) groups is 1. The normalized spacial score (nSPS) is 11.3. The van der Waals surface area contributed by atoms with Gasteiger partial charge in [-0.3, -0.25) is 4.79 Å². The van der Waals surface area contributed by atoms with Crippen molar-refractivity contribution < 1.29 is 25.2 Å². The van der Waals surface area contributed by atoms with Crippen molar-refractivity contribution in [3.05, 3.63) is 0 Å². The van der Waals surface area contributed by atoms with E-state index in [9.17, 15) is 4.79 Å². The van der Waals surface area contributed by atoms with E-state index in [2.05, 4.69) is 0 Å². The molecule has 0 saturated heterocycles. The highest BCUT2D eigenvalue weighted by Crippen LogP contribution is 2.14. The molecule has 1 amide bonds. The fourth-order valence-electron chi connectivity index (χ4n) is 0.625. The van der Waals surface area contributed by atoms with Crippen LogP contribution in [0.15, 0.2) is 0 Å². The molecule has 0 aliphatic heterocycles. The van der Waals surface area contributed by atoms with Crippen LogP contribution < -0.4 is 5.32 Å². The van der Waals surface area contributed by atoms with Gasteiger partial charge in [-0.2, -0.15) is 0 Å². The lowest BCUT2D eigenvalue weighted by molar-refractivity contribution is -0.140. The maximum Gasteiger partial charge on any atom is 0.235 e. The third-order valence-corrected chi connectivity index (χ3v) is 1.63. The lowest BCUT2D eigenvalue weighted by atomic mass is 9.90. The first kappa shape index (κ1) is 11.3. The number of aliphatic hydroxyl groups excluding tert-OH is 4. The van der Waals surface area contributed by atoms with Crippen molar-refractivity contribution in [1.82, 2.24) is 5.32 Å². The molecule has 0 radical (unpaired) electrons. The predicted octanol–water partition coefficient (Wildman–Crippen LogP) is -2.98. The second kappa shape index (κ2) is 5.04. The summed E-state index contributed by atoms with van der Waals surface area (Å²) in [7, 11) is 0. The number of carbonyl (C=O) groups excluding carboxylic acids is 1. The zero-order valence-electron chi connectivity index (χ0n) is 6.53. The second-order valence-electron chi connectivity index (χ2n) is 2.42. The van der Waals surface area contributed by atoms with E-state index in [4.69, 9.17) is 20.4 Å².